The predicted octanol–water partition coefficient (Wildman–Crippen LogP) is 4.54. The zero-order chi connectivity index (χ0) is 24.4. The van der Waals surface area contributed by atoms with Crippen molar-refractivity contribution in [2.45, 2.75) is 20.8 Å². The van der Waals surface area contributed by atoms with E-state index in [1.54, 1.807) is 36.4 Å². The molecule has 172 valence electrons. The summed E-state index contributed by atoms with van der Waals surface area (Å²) in [5, 5.41) is 0. The standard InChI is InChI=1S/C27H23NO6/c1-4-33-21-10-8-20(9-11-21)28-25(30)22-12-7-19(14-23(22)26(28)31)27(32)34-15-24(29)18-6-5-16(2)17(3)13-18/h5-14H,4,15H2,1-3H3. The van der Waals surface area contributed by atoms with Gasteiger partial charge < -0.3 is 9.47 Å². The zero-order valence-electron chi connectivity index (χ0n) is 19.1. The SMILES string of the molecule is CCOc1ccc(N2C(=O)c3ccc(C(=O)OCC(=O)c4ccc(C)c(C)c4)cc3C2=O)cc1. The molecular formula is C27H23NO6. The van der Waals surface area contributed by atoms with Gasteiger partial charge in [-0.15, -0.1) is 0 Å². The van der Waals surface area contributed by atoms with Gasteiger partial charge in [0.25, 0.3) is 11.8 Å². The molecule has 2 amide bonds. The third kappa shape index (κ3) is 4.32. The van der Waals surface area contributed by atoms with Gasteiger partial charge in [-0.3, -0.25) is 14.4 Å². The van der Waals surface area contributed by atoms with E-state index in [1.165, 1.54) is 18.2 Å². The Balaban J connectivity index is 1.48. The molecule has 7 heteroatoms. The molecule has 0 saturated carbocycles. The van der Waals surface area contributed by atoms with E-state index < -0.39 is 24.4 Å². The molecule has 0 bridgehead atoms. The lowest BCUT2D eigenvalue weighted by Gasteiger charge is -2.14. The minimum absolute atomic E-state index is 0.0846. The van der Waals surface area contributed by atoms with E-state index in [9.17, 15) is 19.2 Å². The molecule has 7 nitrogen and oxygen atoms in total. The summed E-state index contributed by atoms with van der Waals surface area (Å²) in [7, 11) is 0. The van der Waals surface area contributed by atoms with Gasteiger partial charge >= 0.3 is 5.97 Å². The van der Waals surface area contributed by atoms with Crippen LogP contribution in [0.1, 0.15) is 59.5 Å². The molecule has 0 atom stereocenters. The number of carbonyl (C=O) groups excluding carboxylic acids is 4. The lowest BCUT2D eigenvalue weighted by atomic mass is 10.0. The van der Waals surface area contributed by atoms with Crippen molar-refractivity contribution in [3.8, 4) is 5.75 Å². The molecule has 0 spiro atoms. The van der Waals surface area contributed by atoms with Crippen LogP contribution in [0.5, 0.6) is 5.75 Å². The van der Waals surface area contributed by atoms with E-state index in [0.717, 1.165) is 16.0 Å². The number of imide groups is 1. The van der Waals surface area contributed by atoms with Crippen LogP contribution in [0.25, 0.3) is 0 Å². The van der Waals surface area contributed by atoms with Crippen molar-refractivity contribution < 1.29 is 28.7 Å². The first-order valence-electron chi connectivity index (χ1n) is 10.8. The van der Waals surface area contributed by atoms with Crippen molar-refractivity contribution >= 4 is 29.3 Å². The van der Waals surface area contributed by atoms with Gasteiger partial charge in [0, 0.05) is 5.56 Å². The zero-order valence-corrected chi connectivity index (χ0v) is 19.1. The maximum Gasteiger partial charge on any atom is 0.338 e. The van der Waals surface area contributed by atoms with Crippen molar-refractivity contribution in [2.24, 2.45) is 0 Å². The summed E-state index contributed by atoms with van der Waals surface area (Å²) >= 11 is 0. The molecule has 1 heterocycles. The molecule has 1 aliphatic heterocycles. The first-order valence-corrected chi connectivity index (χ1v) is 10.8. The molecule has 0 N–H and O–H groups in total. The number of fused-ring (bicyclic) bond motifs is 1. The van der Waals surface area contributed by atoms with Crippen LogP contribution in [0.4, 0.5) is 5.69 Å². The average molecular weight is 457 g/mol. The van der Waals surface area contributed by atoms with Gasteiger partial charge in [-0.2, -0.15) is 0 Å². The maximum atomic E-state index is 13.0. The largest absolute Gasteiger partial charge is 0.494 e. The molecule has 0 unspecified atom stereocenters. The molecule has 3 aromatic rings. The van der Waals surface area contributed by atoms with Crippen molar-refractivity contribution in [3.63, 3.8) is 0 Å². The Morgan fingerprint density at radius 1 is 0.794 bits per heavy atom. The van der Waals surface area contributed by atoms with Crippen molar-refractivity contribution in [2.75, 3.05) is 18.1 Å². The van der Waals surface area contributed by atoms with Crippen molar-refractivity contribution in [3.05, 3.63) is 94.0 Å². The molecule has 0 aliphatic carbocycles. The summed E-state index contributed by atoms with van der Waals surface area (Å²) in [4.78, 5) is 51.8. The molecule has 0 fully saturated rings. The highest BCUT2D eigenvalue weighted by molar-refractivity contribution is 6.34. The monoisotopic (exact) mass is 457 g/mol. The second-order valence-corrected chi connectivity index (χ2v) is 7.93. The number of aryl methyl sites for hydroxylation is 2. The fraction of sp³-hybridized carbons (Fsp3) is 0.185. The number of amides is 2. The minimum Gasteiger partial charge on any atom is -0.494 e. The van der Waals surface area contributed by atoms with E-state index in [0.29, 0.717) is 23.6 Å². The summed E-state index contributed by atoms with van der Waals surface area (Å²) in [5.41, 5.74) is 3.27. The van der Waals surface area contributed by atoms with Crippen molar-refractivity contribution in [1.82, 2.24) is 0 Å². The summed E-state index contributed by atoms with van der Waals surface area (Å²) in [5.74, 6) is -1.47. The third-order valence-corrected chi connectivity index (χ3v) is 5.69. The first-order chi connectivity index (χ1) is 16.3. The second kappa shape index (κ2) is 9.31. The van der Waals surface area contributed by atoms with Gasteiger partial charge in [0.05, 0.1) is 29.0 Å². The Morgan fingerprint density at radius 2 is 1.47 bits per heavy atom. The van der Waals surface area contributed by atoms with E-state index in [1.807, 2.05) is 26.8 Å². The maximum absolute atomic E-state index is 13.0. The lowest BCUT2D eigenvalue weighted by Crippen LogP contribution is -2.29. The number of ketones is 1. The van der Waals surface area contributed by atoms with Gasteiger partial charge in [0.15, 0.2) is 12.4 Å². The number of esters is 1. The summed E-state index contributed by atoms with van der Waals surface area (Å²) in [6.07, 6.45) is 0. The molecule has 0 radical (unpaired) electrons. The smallest absolute Gasteiger partial charge is 0.338 e. The Morgan fingerprint density at radius 3 is 2.15 bits per heavy atom. The van der Waals surface area contributed by atoms with Gasteiger partial charge in [-0.25, -0.2) is 9.69 Å². The summed E-state index contributed by atoms with van der Waals surface area (Å²) in [6, 6.07) is 16.0. The molecule has 1 aliphatic rings. The van der Waals surface area contributed by atoms with Gasteiger partial charge in [0.2, 0.25) is 0 Å². The number of nitrogens with zero attached hydrogens (tertiary/aromatic N) is 1. The Kier molecular flexibility index (Phi) is 6.27. The van der Waals surface area contributed by atoms with Crippen LogP contribution in [0, 0.1) is 13.8 Å². The first kappa shape index (κ1) is 22.9. The summed E-state index contributed by atoms with van der Waals surface area (Å²) < 4.78 is 10.6. The number of hydrogen-bond acceptors (Lipinski definition) is 6. The van der Waals surface area contributed by atoms with Crippen molar-refractivity contribution in [1.29, 1.82) is 0 Å². The van der Waals surface area contributed by atoms with Gasteiger partial charge in [0.1, 0.15) is 5.75 Å². The summed E-state index contributed by atoms with van der Waals surface area (Å²) in [6.45, 7) is 5.78. The van der Waals surface area contributed by atoms with E-state index in [2.05, 4.69) is 0 Å². The highest BCUT2D eigenvalue weighted by Gasteiger charge is 2.37. The molecule has 0 aromatic heterocycles. The quantitative estimate of drug-likeness (QED) is 0.294. The minimum atomic E-state index is -0.750. The fourth-order valence-corrected chi connectivity index (χ4v) is 3.67. The highest BCUT2D eigenvalue weighted by atomic mass is 16.5. The van der Waals surface area contributed by atoms with E-state index >= 15 is 0 Å². The highest BCUT2D eigenvalue weighted by Crippen LogP contribution is 2.30. The lowest BCUT2D eigenvalue weighted by molar-refractivity contribution is 0.0474. The van der Waals surface area contributed by atoms with E-state index in [4.69, 9.17) is 9.47 Å². The molecule has 4 rings (SSSR count). The number of anilines is 1. The number of benzene rings is 3. The van der Waals surface area contributed by atoms with Crippen LogP contribution in [0.3, 0.4) is 0 Å². The number of carbonyl (C=O) groups is 4. The Bertz CT molecular complexity index is 1310. The average Bonchev–Trinajstić information content (AvgIpc) is 3.09. The van der Waals surface area contributed by atoms with Crippen LogP contribution in [0.2, 0.25) is 0 Å². The van der Waals surface area contributed by atoms with Gasteiger partial charge in [-0.1, -0.05) is 12.1 Å². The van der Waals surface area contributed by atoms with Crippen LogP contribution in [0.15, 0.2) is 60.7 Å². The molecule has 0 saturated heterocycles. The van der Waals surface area contributed by atoms with Gasteiger partial charge in [-0.05, 0) is 80.4 Å². The molecular weight excluding hydrogens is 434 g/mol. The Hall–Kier alpha value is -4.26. The number of rotatable bonds is 7. The third-order valence-electron chi connectivity index (χ3n) is 5.69. The fourth-order valence-electron chi connectivity index (χ4n) is 3.67. The van der Waals surface area contributed by atoms with Crippen LogP contribution < -0.4 is 9.64 Å². The number of hydrogen-bond donors (Lipinski definition) is 0. The van der Waals surface area contributed by atoms with Crippen LogP contribution in [-0.4, -0.2) is 36.8 Å². The van der Waals surface area contributed by atoms with Crippen LogP contribution >= 0.6 is 0 Å². The second-order valence-electron chi connectivity index (χ2n) is 7.93. The molecule has 3 aromatic carbocycles. The Labute approximate surface area is 196 Å². The normalized spacial score (nSPS) is 12.5. The topological polar surface area (TPSA) is 90.0 Å². The van der Waals surface area contributed by atoms with E-state index in [-0.39, 0.29) is 22.5 Å². The number of Topliss-reactive ketones (excluding diaryl/α,β-unsaturated/α-hetero) is 1. The van der Waals surface area contributed by atoms with Crippen LogP contribution in [-0.2, 0) is 4.74 Å². The number of ether oxygens (including phenoxy) is 2. The predicted molar refractivity (Wildman–Crippen MR) is 126 cm³/mol. The molecule has 34 heavy (non-hydrogen) atoms.